The molecule has 22 heavy (non-hydrogen) atoms. The average molecular weight is 310 g/mol. The van der Waals surface area contributed by atoms with E-state index in [1.54, 1.807) is 4.57 Å². The summed E-state index contributed by atoms with van der Waals surface area (Å²) in [4.78, 5) is 11.6. The number of hydrogen-bond acceptors (Lipinski definition) is 5. The molecule has 1 aliphatic heterocycles. The number of alkyl halides is 1. The Balaban J connectivity index is 1.77. The molecule has 2 aromatic rings. The largest absolute Gasteiger partial charge is 0.344 e. The third-order valence-corrected chi connectivity index (χ3v) is 4.42. The van der Waals surface area contributed by atoms with Gasteiger partial charge in [0.1, 0.15) is 12.4 Å². The van der Waals surface area contributed by atoms with Gasteiger partial charge in [0.05, 0.1) is 25.1 Å². The lowest BCUT2D eigenvalue weighted by Crippen LogP contribution is -2.27. The van der Waals surface area contributed by atoms with Gasteiger partial charge in [-0.15, -0.1) is 0 Å². The van der Waals surface area contributed by atoms with E-state index in [4.69, 9.17) is 9.47 Å². The minimum absolute atomic E-state index is 0.112. The van der Waals surface area contributed by atoms with Crippen LogP contribution in [0.15, 0.2) is 12.7 Å². The second kappa shape index (κ2) is 4.66. The van der Waals surface area contributed by atoms with Crippen molar-refractivity contribution in [2.75, 3.05) is 6.67 Å². The molecule has 0 unspecified atom stereocenters. The van der Waals surface area contributed by atoms with Crippen molar-refractivity contribution < 1.29 is 18.3 Å². The van der Waals surface area contributed by atoms with E-state index in [0.717, 1.165) is 6.33 Å². The minimum Gasteiger partial charge on any atom is -0.344 e. The highest BCUT2D eigenvalue weighted by atomic mass is 19.1. The summed E-state index contributed by atoms with van der Waals surface area (Å²) in [5.74, 6) is -1.66. The van der Waals surface area contributed by atoms with E-state index >= 15 is 0 Å². The molecule has 0 aromatic carbocycles. The Labute approximate surface area is 125 Å². The molecule has 1 saturated carbocycles. The zero-order valence-electron chi connectivity index (χ0n) is 12.2. The fraction of sp³-hybridized carbons (Fsp3) is 0.643. The summed E-state index contributed by atoms with van der Waals surface area (Å²) in [6.45, 7) is 3.14. The van der Waals surface area contributed by atoms with E-state index in [1.807, 2.05) is 13.8 Å². The van der Waals surface area contributed by atoms with Crippen LogP contribution in [0.4, 0.5) is 8.78 Å². The van der Waals surface area contributed by atoms with Gasteiger partial charge in [0.25, 0.3) is 0 Å². The molecule has 2 fully saturated rings. The summed E-state index contributed by atoms with van der Waals surface area (Å²) in [5.41, 5.74) is 0.505. The maximum atomic E-state index is 13.7. The molecule has 2 aromatic heterocycles. The molecule has 118 valence electrons. The number of hydrogen-bond donors (Lipinski definition) is 0. The van der Waals surface area contributed by atoms with E-state index in [-0.39, 0.29) is 29.7 Å². The van der Waals surface area contributed by atoms with Crippen LogP contribution in [0.1, 0.15) is 26.3 Å². The molecule has 1 saturated heterocycles. The lowest BCUT2D eigenvalue weighted by molar-refractivity contribution is -0.160. The van der Waals surface area contributed by atoms with Crippen molar-refractivity contribution in [3.8, 4) is 0 Å². The molecule has 8 heteroatoms. The van der Waals surface area contributed by atoms with E-state index in [2.05, 4.69) is 15.0 Å². The van der Waals surface area contributed by atoms with Crippen LogP contribution in [0.5, 0.6) is 0 Å². The quantitative estimate of drug-likeness (QED) is 0.794. The summed E-state index contributed by atoms with van der Waals surface area (Å²) in [6.07, 6.45) is 2.60. The smallest absolute Gasteiger partial charge is 0.244 e. The second-order valence-electron chi connectivity index (χ2n) is 6.27. The molecule has 0 bridgehead atoms. The average Bonchev–Trinajstić information content (AvgIpc) is 3.10. The fourth-order valence-electron chi connectivity index (χ4n) is 3.55. The third-order valence-electron chi connectivity index (χ3n) is 4.42. The van der Waals surface area contributed by atoms with Crippen LogP contribution in [0, 0.1) is 11.9 Å². The summed E-state index contributed by atoms with van der Waals surface area (Å²) >= 11 is 0. The van der Waals surface area contributed by atoms with Crippen LogP contribution < -0.4 is 0 Å². The first-order valence-electron chi connectivity index (χ1n) is 7.25. The van der Waals surface area contributed by atoms with Crippen molar-refractivity contribution in [2.24, 2.45) is 5.92 Å². The van der Waals surface area contributed by atoms with E-state index < -0.39 is 18.4 Å². The predicted molar refractivity (Wildman–Crippen MR) is 72.2 cm³/mol. The van der Waals surface area contributed by atoms with Crippen LogP contribution in [0.3, 0.4) is 0 Å². The number of ether oxygens (including phenoxy) is 2. The van der Waals surface area contributed by atoms with E-state index in [0.29, 0.717) is 12.1 Å². The fourth-order valence-corrected chi connectivity index (χ4v) is 3.55. The highest BCUT2D eigenvalue weighted by Gasteiger charge is 2.54. The molecule has 2 aliphatic rings. The normalized spacial score (nSPS) is 33.5. The predicted octanol–water partition coefficient (Wildman–Crippen LogP) is 2.02. The number of aromatic nitrogens is 4. The molecular weight excluding hydrogens is 294 g/mol. The highest BCUT2D eigenvalue weighted by Crippen LogP contribution is 2.47. The summed E-state index contributed by atoms with van der Waals surface area (Å²) in [5, 5.41) is 0. The maximum absolute atomic E-state index is 13.7. The molecule has 0 radical (unpaired) electrons. The van der Waals surface area contributed by atoms with Crippen molar-refractivity contribution in [3.63, 3.8) is 0 Å². The van der Waals surface area contributed by atoms with Crippen molar-refractivity contribution >= 4 is 11.2 Å². The zero-order chi connectivity index (χ0) is 15.5. The van der Waals surface area contributed by atoms with Crippen molar-refractivity contribution in [3.05, 3.63) is 18.6 Å². The number of rotatable bonds is 2. The highest BCUT2D eigenvalue weighted by molar-refractivity contribution is 5.69. The van der Waals surface area contributed by atoms with Crippen LogP contribution >= 0.6 is 0 Å². The topological polar surface area (TPSA) is 62.1 Å². The molecule has 0 N–H and O–H groups in total. The summed E-state index contributed by atoms with van der Waals surface area (Å²) in [7, 11) is 0. The number of fused-ring (bicyclic) bond motifs is 2. The SMILES string of the molecule is CC1(C)O[C@@H]2[C@@H](CF)C[C@@H](n3cnc4c(F)ncnc43)[C@@H]2O1. The van der Waals surface area contributed by atoms with Gasteiger partial charge in [-0.25, -0.2) is 15.0 Å². The van der Waals surface area contributed by atoms with Gasteiger partial charge in [-0.1, -0.05) is 0 Å². The van der Waals surface area contributed by atoms with Crippen LogP contribution in [-0.2, 0) is 9.47 Å². The Morgan fingerprint density at radius 3 is 2.82 bits per heavy atom. The van der Waals surface area contributed by atoms with Gasteiger partial charge in [-0.3, -0.25) is 4.39 Å². The van der Waals surface area contributed by atoms with Gasteiger partial charge in [-0.2, -0.15) is 4.39 Å². The van der Waals surface area contributed by atoms with Crippen molar-refractivity contribution in [2.45, 2.75) is 44.3 Å². The molecule has 6 nitrogen and oxygen atoms in total. The maximum Gasteiger partial charge on any atom is 0.244 e. The first-order valence-corrected chi connectivity index (χ1v) is 7.25. The number of halogens is 2. The first-order chi connectivity index (χ1) is 10.5. The third kappa shape index (κ3) is 1.94. The minimum atomic E-state index is -0.752. The molecule has 0 amide bonds. The van der Waals surface area contributed by atoms with Gasteiger partial charge in [0, 0.05) is 5.92 Å². The van der Waals surface area contributed by atoms with Crippen LogP contribution in [0.25, 0.3) is 11.2 Å². The van der Waals surface area contributed by atoms with Gasteiger partial charge < -0.3 is 14.0 Å². The Morgan fingerprint density at radius 1 is 1.27 bits per heavy atom. The van der Waals surface area contributed by atoms with Gasteiger partial charge >= 0.3 is 0 Å². The number of nitrogens with zero attached hydrogens (tertiary/aromatic N) is 4. The molecular formula is C14H16F2N4O2. The van der Waals surface area contributed by atoms with Gasteiger partial charge in [-0.05, 0) is 20.3 Å². The van der Waals surface area contributed by atoms with E-state index in [1.165, 1.54) is 6.33 Å². The second-order valence-corrected chi connectivity index (χ2v) is 6.27. The standard InChI is InChI=1S/C14H16F2N4O2/c1-14(2)21-10-7(4-15)3-8(11(10)22-14)20-6-19-9-12(16)17-5-18-13(9)20/h5-8,10-11H,3-4H2,1-2H3/t7-,8-,10-,11+/m1/s1. The number of imidazole rings is 1. The summed E-state index contributed by atoms with van der Waals surface area (Å²) < 4.78 is 40.5. The molecule has 0 spiro atoms. The monoisotopic (exact) mass is 310 g/mol. The van der Waals surface area contributed by atoms with Gasteiger partial charge in [0.2, 0.25) is 5.95 Å². The van der Waals surface area contributed by atoms with Gasteiger partial charge in [0.15, 0.2) is 17.0 Å². The van der Waals surface area contributed by atoms with Crippen LogP contribution in [-0.4, -0.2) is 44.2 Å². The molecule has 1 aliphatic carbocycles. The van der Waals surface area contributed by atoms with Crippen molar-refractivity contribution in [1.82, 2.24) is 19.5 Å². The Kier molecular flexibility index (Phi) is 2.96. The Hall–Kier alpha value is -1.67. The van der Waals surface area contributed by atoms with Crippen molar-refractivity contribution in [1.29, 1.82) is 0 Å². The summed E-state index contributed by atoms with van der Waals surface area (Å²) in [6, 6.07) is -0.188. The molecule has 4 atom stereocenters. The zero-order valence-corrected chi connectivity index (χ0v) is 12.2. The van der Waals surface area contributed by atoms with E-state index in [9.17, 15) is 8.78 Å². The van der Waals surface area contributed by atoms with Crippen LogP contribution in [0.2, 0.25) is 0 Å². The molecule has 3 heterocycles. The first kappa shape index (κ1) is 14.0. The molecule has 4 rings (SSSR count). The lowest BCUT2D eigenvalue weighted by Gasteiger charge is -2.23. The lowest BCUT2D eigenvalue weighted by atomic mass is 10.1. The Morgan fingerprint density at radius 2 is 2.05 bits per heavy atom. The Bertz CT molecular complexity index is 720.